The number of hydrogen-bond donors (Lipinski definition) is 2. The Bertz CT molecular complexity index is 366. The van der Waals surface area contributed by atoms with Gasteiger partial charge in [0.1, 0.15) is 0 Å². The fourth-order valence-corrected chi connectivity index (χ4v) is 0.999. The maximum atomic E-state index is 11.1. The number of urea groups is 1. The Morgan fingerprint density at radius 2 is 1.93 bits per heavy atom. The molecule has 0 unspecified atom stereocenters. The first kappa shape index (κ1) is 12.0. The lowest BCUT2D eigenvalue weighted by Crippen LogP contribution is -2.39. The Morgan fingerprint density at radius 1 is 1.33 bits per heavy atom. The van der Waals surface area contributed by atoms with E-state index in [0.29, 0.717) is 5.69 Å². The number of nitrogens with zero attached hydrogens (tertiary/aromatic N) is 2. The van der Waals surface area contributed by atoms with Gasteiger partial charge in [0.2, 0.25) is 5.96 Å². The highest BCUT2D eigenvalue weighted by Gasteiger charge is 2.07. The van der Waals surface area contributed by atoms with Crippen LogP contribution < -0.4 is 11.1 Å². The molecule has 1 rings (SSSR count). The van der Waals surface area contributed by atoms with Crippen molar-refractivity contribution in [1.82, 2.24) is 8.27 Å². The van der Waals surface area contributed by atoms with E-state index in [9.17, 15) is 4.79 Å². The van der Waals surface area contributed by atoms with Crippen molar-refractivity contribution in [3.8, 4) is 0 Å². The Hall–Kier alpha value is -1.08. The SMILES string of the molecule is NC(=Nc1ccccc1)NC(=O)N(Br)Br. The van der Waals surface area contributed by atoms with Crippen LogP contribution in [0.15, 0.2) is 35.3 Å². The average molecular weight is 336 g/mol. The number of nitrogens with two attached hydrogens (primary N) is 1. The van der Waals surface area contributed by atoms with Gasteiger partial charge in [-0.2, -0.15) is 2.95 Å². The van der Waals surface area contributed by atoms with E-state index in [-0.39, 0.29) is 5.96 Å². The zero-order chi connectivity index (χ0) is 11.3. The predicted molar refractivity (Wildman–Crippen MR) is 65.9 cm³/mol. The molecule has 2 amide bonds. The highest BCUT2D eigenvalue weighted by Crippen LogP contribution is 2.09. The number of nitrogens with one attached hydrogen (secondary N) is 1. The molecule has 7 heteroatoms. The minimum absolute atomic E-state index is 0.0232. The third kappa shape index (κ3) is 4.30. The summed E-state index contributed by atoms with van der Waals surface area (Å²) >= 11 is 5.76. The van der Waals surface area contributed by atoms with E-state index in [2.05, 4.69) is 42.6 Å². The molecular formula is C8H8Br2N4O. The van der Waals surface area contributed by atoms with Crippen molar-refractivity contribution in [3.05, 3.63) is 30.3 Å². The Balaban J connectivity index is 2.65. The van der Waals surface area contributed by atoms with E-state index < -0.39 is 6.03 Å². The molecule has 0 saturated carbocycles. The van der Waals surface area contributed by atoms with Gasteiger partial charge in [0.05, 0.1) is 38.0 Å². The second-order valence-corrected chi connectivity index (χ2v) is 4.87. The van der Waals surface area contributed by atoms with Crippen LogP contribution in [0, 0.1) is 0 Å². The van der Waals surface area contributed by atoms with Crippen molar-refractivity contribution in [3.63, 3.8) is 0 Å². The first-order chi connectivity index (χ1) is 7.09. The van der Waals surface area contributed by atoms with Gasteiger partial charge < -0.3 is 5.73 Å². The summed E-state index contributed by atoms with van der Waals surface area (Å²) in [5, 5.41) is 2.35. The Morgan fingerprint density at radius 3 is 2.47 bits per heavy atom. The molecule has 0 saturated heterocycles. The number of benzene rings is 1. The second-order valence-electron chi connectivity index (χ2n) is 2.50. The number of carbonyl (C=O) groups excluding carboxylic acids is 1. The van der Waals surface area contributed by atoms with E-state index in [4.69, 9.17) is 5.73 Å². The summed E-state index contributed by atoms with van der Waals surface area (Å²) in [5.74, 6) is 0.0232. The highest BCUT2D eigenvalue weighted by atomic mass is 79.9. The molecule has 1 aromatic rings. The molecule has 0 atom stereocenters. The molecule has 3 N–H and O–H groups in total. The van der Waals surface area contributed by atoms with Crippen LogP contribution in [0.25, 0.3) is 0 Å². The van der Waals surface area contributed by atoms with Gasteiger partial charge in [-0.1, -0.05) is 18.2 Å². The molecule has 0 aliphatic heterocycles. The van der Waals surface area contributed by atoms with Crippen LogP contribution in [0.2, 0.25) is 0 Å². The predicted octanol–water partition coefficient (Wildman–Crippen LogP) is 2.26. The molecule has 0 heterocycles. The van der Waals surface area contributed by atoms with Crippen LogP contribution in [0.5, 0.6) is 0 Å². The molecule has 0 radical (unpaired) electrons. The van der Waals surface area contributed by atoms with Crippen molar-refractivity contribution in [2.24, 2.45) is 10.7 Å². The number of aliphatic imine (C=N–C) groups is 1. The number of carbonyl (C=O) groups is 1. The first-order valence-electron chi connectivity index (χ1n) is 3.91. The van der Waals surface area contributed by atoms with Gasteiger partial charge in [-0.3, -0.25) is 5.32 Å². The van der Waals surface area contributed by atoms with Gasteiger partial charge in [0.25, 0.3) is 0 Å². The van der Waals surface area contributed by atoms with Crippen molar-refractivity contribution < 1.29 is 4.79 Å². The number of guanidine groups is 1. The summed E-state index contributed by atoms with van der Waals surface area (Å²) in [6, 6.07) is 8.61. The fraction of sp³-hybridized carbons (Fsp3) is 0. The standard InChI is InChI=1S/C8H8Br2N4O/c9-14(10)8(15)13-7(11)12-6-4-2-1-3-5-6/h1-5H,(H3,11,12,13,15). The molecule has 0 aliphatic carbocycles. The summed E-state index contributed by atoms with van der Waals surface area (Å²) < 4.78 is 1.01. The summed E-state index contributed by atoms with van der Waals surface area (Å²) in [4.78, 5) is 15.1. The van der Waals surface area contributed by atoms with Crippen molar-refractivity contribution >= 4 is 50.0 Å². The maximum Gasteiger partial charge on any atom is 0.344 e. The smallest absolute Gasteiger partial charge is 0.344 e. The summed E-state index contributed by atoms with van der Waals surface area (Å²) in [7, 11) is 0. The lowest BCUT2D eigenvalue weighted by atomic mass is 10.3. The van der Waals surface area contributed by atoms with Crippen LogP contribution >= 0.6 is 32.3 Å². The number of hydrogen-bond acceptors (Lipinski definition) is 2. The second kappa shape index (κ2) is 5.72. The van der Waals surface area contributed by atoms with Gasteiger partial charge in [-0.15, -0.1) is 0 Å². The van der Waals surface area contributed by atoms with Gasteiger partial charge in [-0.25, -0.2) is 9.79 Å². The van der Waals surface area contributed by atoms with E-state index in [1.807, 2.05) is 18.2 Å². The molecule has 80 valence electrons. The minimum atomic E-state index is -0.466. The zero-order valence-electron chi connectivity index (χ0n) is 7.52. The summed E-state index contributed by atoms with van der Waals surface area (Å²) in [6.07, 6.45) is 0. The number of amides is 2. The Kier molecular flexibility index (Phi) is 4.57. The molecule has 0 bridgehead atoms. The van der Waals surface area contributed by atoms with Crippen LogP contribution in [-0.2, 0) is 0 Å². The molecule has 5 nitrogen and oxygen atoms in total. The molecule has 1 aromatic carbocycles. The topological polar surface area (TPSA) is 70.7 Å². The zero-order valence-corrected chi connectivity index (χ0v) is 10.7. The molecule has 0 spiro atoms. The van der Waals surface area contributed by atoms with Crippen molar-refractivity contribution in [2.75, 3.05) is 0 Å². The van der Waals surface area contributed by atoms with E-state index >= 15 is 0 Å². The van der Waals surface area contributed by atoms with E-state index in [1.54, 1.807) is 12.1 Å². The third-order valence-corrected chi connectivity index (χ3v) is 2.04. The van der Waals surface area contributed by atoms with Crippen LogP contribution in [-0.4, -0.2) is 14.9 Å². The molecule has 0 fully saturated rings. The first-order valence-corrected chi connectivity index (χ1v) is 5.33. The molecular weight excluding hydrogens is 328 g/mol. The van der Waals surface area contributed by atoms with Gasteiger partial charge in [0.15, 0.2) is 0 Å². The lowest BCUT2D eigenvalue weighted by molar-refractivity contribution is 0.244. The average Bonchev–Trinajstić information content (AvgIpc) is 2.18. The van der Waals surface area contributed by atoms with E-state index in [1.165, 1.54) is 0 Å². The minimum Gasteiger partial charge on any atom is -0.369 e. The lowest BCUT2D eigenvalue weighted by Gasteiger charge is -2.06. The highest BCUT2D eigenvalue weighted by molar-refractivity contribution is 9.21. The van der Waals surface area contributed by atoms with Crippen molar-refractivity contribution in [1.29, 1.82) is 0 Å². The van der Waals surface area contributed by atoms with Gasteiger partial charge in [-0.05, 0) is 12.1 Å². The number of rotatable bonds is 1. The summed E-state index contributed by atoms with van der Waals surface area (Å²) in [6.45, 7) is 0. The van der Waals surface area contributed by atoms with Crippen LogP contribution in [0.4, 0.5) is 10.5 Å². The molecule has 15 heavy (non-hydrogen) atoms. The Labute approximate surface area is 104 Å². The quantitative estimate of drug-likeness (QED) is 0.469. The van der Waals surface area contributed by atoms with Gasteiger partial charge >= 0.3 is 6.03 Å². The normalized spacial score (nSPS) is 10.9. The van der Waals surface area contributed by atoms with E-state index in [0.717, 1.165) is 2.95 Å². The third-order valence-electron chi connectivity index (χ3n) is 1.39. The fourth-order valence-electron chi connectivity index (χ4n) is 0.821. The number of halogens is 2. The molecule has 0 aliphatic rings. The number of para-hydroxylation sites is 1. The monoisotopic (exact) mass is 334 g/mol. The van der Waals surface area contributed by atoms with Gasteiger partial charge in [0, 0.05) is 0 Å². The maximum absolute atomic E-state index is 11.1. The summed E-state index contributed by atoms with van der Waals surface area (Å²) in [5.41, 5.74) is 6.17. The largest absolute Gasteiger partial charge is 0.369 e. The van der Waals surface area contributed by atoms with Crippen LogP contribution in [0.3, 0.4) is 0 Å². The molecule has 0 aromatic heterocycles. The van der Waals surface area contributed by atoms with Crippen molar-refractivity contribution in [2.45, 2.75) is 0 Å². The van der Waals surface area contributed by atoms with Crippen LogP contribution in [0.1, 0.15) is 0 Å².